The van der Waals surface area contributed by atoms with E-state index >= 15 is 0 Å². The summed E-state index contributed by atoms with van der Waals surface area (Å²) in [4.78, 5) is 5.78. The molecule has 0 aliphatic carbocycles. The van der Waals surface area contributed by atoms with Crippen LogP contribution in [0.5, 0.6) is 0 Å². The minimum absolute atomic E-state index is 0.0707. The van der Waals surface area contributed by atoms with Crippen molar-refractivity contribution in [1.82, 2.24) is 10.3 Å². The van der Waals surface area contributed by atoms with E-state index in [-0.39, 0.29) is 11.5 Å². The maximum Gasteiger partial charge on any atom is 0.122 e. The van der Waals surface area contributed by atoms with Crippen LogP contribution in [0.25, 0.3) is 0 Å². The summed E-state index contributed by atoms with van der Waals surface area (Å²) in [5.41, 5.74) is 0.0786. The Labute approximate surface area is 115 Å². The van der Waals surface area contributed by atoms with Crippen molar-refractivity contribution in [3.63, 3.8) is 0 Å². The van der Waals surface area contributed by atoms with Gasteiger partial charge in [-0.15, -0.1) is 11.3 Å². The molecule has 1 heterocycles. The number of thiazole rings is 1. The number of ether oxygens (including phenoxy) is 1. The topological polar surface area (TPSA) is 34.1 Å². The second-order valence-electron chi connectivity index (χ2n) is 6.17. The van der Waals surface area contributed by atoms with Crippen molar-refractivity contribution in [2.75, 3.05) is 13.7 Å². The van der Waals surface area contributed by atoms with E-state index < -0.39 is 0 Å². The second kappa shape index (κ2) is 6.64. The number of nitrogens with one attached hydrogen (secondary N) is 1. The third kappa shape index (κ3) is 4.67. The Balaban J connectivity index is 2.62. The summed E-state index contributed by atoms with van der Waals surface area (Å²) in [6.45, 7) is 12.9. The first-order valence-electron chi connectivity index (χ1n) is 6.52. The molecule has 0 amide bonds. The Hall–Kier alpha value is -0.450. The van der Waals surface area contributed by atoms with Crippen LogP contribution in [-0.2, 0) is 11.3 Å². The highest BCUT2D eigenvalue weighted by atomic mass is 32.1. The third-order valence-electron chi connectivity index (χ3n) is 2.67. The zero-order valence-electron chi connectivity index (χ0n) is 12.4. The molecular weight excluding hydrogens is 244 g/mol. The number of aromatic nitrogens is 1. The smallest absolute Gasteiger partial charge is 0.122 e. The lowest BCUT2D eigenvalue weighted by atomic mass is 9.89. The average Bonchev–Trinajstić information content (AvgIpc) is 2.64. The van der Waals surface area contributed by atoms with E-state index in [4.69, 9.17) is 4.74 Å². The van der Waals surface area contributed by atoms with Gasteiger partial charge in [-0.25, -0.2) is 4.98 Å². The summed E-state index contributed by atoms with van der Waals surface area (Å²) < 4.78 is 5.58. The van der Waals surface area contributed by atoms with Crippen molar-refractivity contribution in [2.45, 2.75) is 47.3 Å². The summed E-state index contributed by atoms with van der Waals surface area (Å²) in [5, 5.41) is 4.52. The standard InChI is InChI=1S/C14H26N2OS/c1-10(2)7-15-8-11-9-16-13(18-11)12(17-6)14(3,4)5/h9-10,12,15H,7-8H2,1-6H3. The molecule has 1 aromatic heterocycles. The molecule has 104 valence electrons. The van der Waals surface area contributed by atoms with Crippen LogP contribution >= 0.6 is 11.3 Å². The quantitative estimate of drug-likeness (QED) is 0.857. The fraction of sp³-hybridized carbons (Fsp3) is 0.786. The summed E-state index contributed by atoms with van der Waals surface area (Å²) >= 11 is 1.75. The number of rotatable bonds is 6. The Morgan fingerprint density at radius 2 is 2.06 bits per heavy atom. The SMILES string of the molecule is COC(c1ncc(CNCC(C)C)s1)C(C)(C)C. The summed E-state index contributed by atoms with van der Waals surface area (Å²) in [7, 11) is 1.76. The van der Waals surface area contributed by atoms with E-state index in [1.165, 1.54) is 4.88 Å². The monoisotopic (exact) mass is 270 g/mol. The highest BCUT2D eigenvalue weighted by Gasteiger charge is 2.28. The molecule has 1 aromatic rings. The first-order valence-corrected chi connectivity index (χ1v) is 7.34. The molecule has 0 bridgehead atoms. The fourth-order valence-corrected chi connectivity index (χ4v) is 3.04. The molecule has 0 aromatic carbocycles. The molecule has 1 rings (SSSR count). The van der Waals surface area contributed by atoms with Gasteiger partial charge >= 0.3 is 0 Å². The zero-order chi connectivity index (χ0) is 13.8. The van der Waals surface area contributed by atoms with Gasteiger partial charge in [0.15, 0.2) is 0 Å². The molecule has 0 fully saturated rings. The molecule has 1 atom stereocenters. The van der Waals surface area contributed by atoms with Gasteiger partial charge in [0.05, 0.1) is 0 Å². The summed E-state index contributed by atoms with van der Waals surface area (Å²) in [5.74, 6) is 0.679. The van der Waals surface area contributed by atoms with Crippen molar-refractivity contribution in [2.24, 2.45) is 11.3 Å². The van der Waals surface area contributed by atoms with Crippen molar-refractivity contribution in [1.29, 1.82) is 0 Å². The van der Waals surface area contributed by atoms with E-state index in [1.807, 2.05) is 6.20 Å². The van der Waals surface area contributed by atoms with Gasteiger partial charge in [0.2, 0.25) is 0 Å². The van der Waals surface area contributed by atoms with Crippen LogP contribution in [0.3, 0.4) is 0 Å². The van der Waals surface area contributed by atoms with Gasteiger partial charge in [-0.3, -0.25) is 0 Å². The van der Waals surface area contributed by atoms with Gasteiger partial charge in [-0.2, -0.15) is 0 Å². The zero-order valence-corrected chi connectivity index (χ0v) is 13.2. The Morgan fingerprint density at radius 1 is 1.39 bits per heavy atom. The lowest BCUT2D eigenvalue weighted by Gasteiger charge is -2.27. The molecule has 4 heteroatoms. The molecule has 18 heavy (non-hydrogen) atoms. The molecule has 0 aliphatic rings. The van der Waals surface area contributed by atoms with Crippen molar-refractivity contribution in [3.05, 3.63) is 16.1 Å². The number of nitrogens with zero attached hydrogens (tertiary/aromatic N) is 1. The normalized spacial score (nSPS) is 14.2. The van der Waals surface area contributed by atoms with Crippen LogP contribution in [0.4, 0.5) is 0 Å². The van der Waals surface area contributed by atoms with Crippen LogP contribution in [0, 0.1) is 11.3 Å². The average molecular weight is 270 g/mol. The Morgan fingerprint density at radius 3 is 2.56 bits per heavy atom. The minimum atomic E-state index is 0.0707. The highest BCUT2D eigenvalue weighted by Crippen LogP contribution is 2.37. The molecule has 1 N–H and O–H groups in total. The molecule has 0 saturated carbocycles. The summed E-state index contributed by atoms with van der Waals surface area (Å²) in [6.07, 6.45) is 2.03. The van der Waals surface area contributed by atoms with Crippen LogP contribution in [0.1, 0.15) is 50.6 Å². The predicted molar refractivity (Wildman–Crippen MR) is 77.9 cm³/mol. The van der Waals surface area contributed by atoms with Crippen molar-refractivity contribution < 1.29 is 4.74 Å². The van der Waals surface area contributed by atoms with E-state index in [9.17, 15) is 0 Å². The van der Waals surface area contributed by atoms with Crippen molar-refractivity contribution in [3.8, 4) is 0 Å². The largest absolute Gasteiger partial charge is 0.374 e. The number of hydrogen-bond acceptors (Lipinski definition) is 4. The molecule has 3 nitrogen and oxygen atoms in total. The molecular formula is C14H26N2OS. The van der Waals surface area contributed by atoms with Crippen LogP contribution in [-0.4, -0.2) is 18.6 Å². The van der Waals surface area contributed by atoms with Crippen LogP contribution in [0.15, 0.2) is 6.20 Å². The molecule has 1 unspecified atom stereocenters. The van der Waals surface area contributed by atoms with E-state index in [2.05, 4.69) is 44.9 Å². The molecule has 0 saturated heterocycles. The van der Waals surface area contributed by atoms with Gasteiger partial charge in [0, 0.05) is 24.7 Å². The third-order valence-corrected chi connectivity index (χ3v) is 3.71. The van der Waals surface area contributed by atoms with Gasteiger partial charge in [0.1, 0.15) is 11.1 Å². The van der Waals surface area contributed by atoms with E-state index in [0.717, 1.165) is 18.1 Å². The van der Waals surface area contributed by atoms with Gasteiger partial charge < -0.3 is 10.1 Å². The predicted octanol–water partition coefficient (Wildman–Crippen LogP) is 3.62. The fourth-order valence-electron chi connectivity index (χ4n) is 1.83. The number of methoxy groups -OCH3 is 1. The maximum absolute atomic E-state index is 5.58. The Bertz CT molecular complexity index is 355. The summed E-state index contributed by atoms with van der Waals surface area (Å²) in [6, 6.07) is 0. The van der Waals surface area contributed by atoms with Gasteiger partial charge in [0.25, 0.3) is 0 Å². The van der Waals surface area contributed by atoms with E-state index in [1.54, 1.807) is 18.4 Å². The van der Waals surface area contributed by atoms with Gasteiger partial charge in [-0.05, 0) is 17.9 Å². The van der Waals surface area contributed by atoms with Crippen LogP contribution in [0.2, 0.25) is 0 Å². The molecule has 0 aliphatic heterocycles. The molecule has 0 radical (unpaired) electrons. The first kappa shape index (κ1) is 15.6. The molecule has 0 spiro atoms. The maximum atomic E-state index is 5.58. The second-order valence-corrected chi connectivity index (χ2v) is 7.32. The lowest BCUT2D eigenvalue weighted by Crippen LogP contribution is -2.19. The van der Waals surface area contributed by atoms with Crippen molar-refractivity contribution >= 4 is 11.3 Å². The van der Waals surface area contributed by atoms with E-state index in [0.29, 0.717) is 5.92 Å². The minimum Gasteiger partial charge on any atom is -0.374 e. The first-order chi connectivity index (χ1) is 8.34. The Kier molecular flexibility index (Phi) is 5.76. The highest BCUT2D eigenvalue weighted by molar-refractivity contribution is 7.11. The van der Waals surface area contributed by atoms with Crippen LogP contribution < -0.4 is 5.32 Å². The lowest BCUT2D eigenvalue weighted by molar-refractivity contribution is 0.0150. The van der Waals surface area contributed by atoms with Gasteiger partial charge in [-0.1, -0.05) is 34.6 Å². The number of hydrogen-bond donors (Lipinski definition) is 1.